The Balaban J connectivity index is 2.73. The first-order valence-electron chi connectivity index (χ1n) is 5.03. The molecular formula is C11H16Cl2N2. The second kappa shape index (κ2) is 6.33. The van der Waals surface area contributed by atoms with Crippen molar-refractivity contribution < 1.29 is 0 Å². The highest BCUT2D eigenvalue weighted by Gasteiger charge is 2.06. The smallest absolute Gasteiger partial charge is 0.0452 e. The van der Waals surface area contributed by atoms with Crippen LogP contribution in [0.3, 0.4) is 0 Å². The molecule has 84 valence electrons. The molecule has 1 aromatic rings. The van der Waals surface area contributed by atoms with E-state index in [1.165, 1.54) is 0 Å². The molecule has 0 aliphatic rings. The van der Waals surface area contributed by atoms with Crippen molar-refractivity contribution in [1.82, 2.24) is 4.90 Å². The first-order chi connectivity index (χ1) is 7.17. The minimum absolute atomic E-state index is 0.659. The molecule has 0 spiro atoms. The largest absolute Gasteiger partial charge is 0.329 e. The van der Waals surface area contributed by atoms with Crippen molar-refractivity contribution in [2.75, 3.05) is 19.6 Å². The molecule has 2 nitrogen and oxygen atoms in total. The molecule has 0 atom stereocenters. The van der Waals surface area contributed by atoms with Gasteiger partial charge in [-0.1, -0.05) is 30.1 Å². The Morgan fingerprint density at radius 2 is 2.07 bits per heavy atom. The van der Waals surface area contributed by atoms with Crippen LogP contribution in [0.2, 0.25) is 10.0 Å². The SMILES string of the molecule is CCN(CCN)Cc1cc(Cl)ccc1Cl. The molecule has 0 fully saturated rings. The van der Waals surface area contributed by atoms with Crippen LogP contribution >= 0.6 is 23.2 Å². The van der Waals surface area contributed by atoms with Crippen LogP contribution in [0.1, 0.15) is 12.5 Å². The molecule has 1 aromatic carbocycles. The van der Waals surface area contributed by atoms with E-state index in [1.807, 2.05) is 12.1 Å². The molecule has 0 radical (unpaired) electrons. The summed E-state index contributed by atoms with van der Waals surface area (Å²) in [6, 6.07) is 5.53. The van der Waals surface area contributed by atoms with Crippen molar-refractivity contribution in [3.63, 3.8) is 0 Å². The summed E-state index contributed by atoms with van der Waals surface area (Å²) in [5, 5.41) is 1.48. The van der Waals surface area contributed by atoms with Gasteiger partial charge in [-0.05, 0) is 30.3 Å². The fraction of sp³-hybridized carbons (Fsp3) is 0.455. The van der Waals surface area contributed by atoms with Gasteiger partial charge in [0.1, 0.15) is 0 Å². The van der Waals surface area contributed by atoms with E-state index >= 15 is 0 Å². The number of benzene rings is 1. The van der Waals surface area contributed by atoms with Gasteiger partial charge in [0.15, 0.2) is 0 Å². The lowest BCUT2D eigenvalue weighted by molar-refractivity contribution is 0.288. The van der Waals surface area contributed by atoms with Crippen LogP contribution in [0, 0.1) is 0 Å². The van der Waals surface area contributed by atoms with Crippen molar-refractivity contribution in [1.29, 1.82) is 0 Å². The Bertz CT molecular complexity index is 315. The molecule has 15 heavy (non-hydrogen) atoms. The van der Waals surface area contributed by atoms with Crippen LogP contribution in [0.25, 0.3) is 0 Å². The van der Waals surface area contributed by atoms with E-state index < -0.39 is 0 Å². The second-order valence-corrected chi connectivity index (χ2v) is 4.24. The fourth-order valence-electron chi connectivity index (χ4n) is 1.44. The van der Waals surface area contributed by atoms with Crippen molar-refractivity contribution in [3.05, 3.63) is 33.8 Å². The summed E-state index contributed by atoms with van der Waals surface area (Å²) in [6.07, 6.45) is 0. The zero-order valence-corrected chi connectivity index (χ0v) is 10.4. The van der Waals surface area contributed by atoms with E-state index in [1.54, 1.807) is 6.07 Å². The third-order valence-corrected chi connectivity index (χ3v) is 2.90. The van der Waals surface area contributed by atoms with Gasteiger partial charge in [-0.2, -0.15) is 0 Å². The number of nitrogens with two attached hydrogens (primary N) is 1. The molecule has 0 aliphatic heterocycles. The van der Waals surface area contributed by atoms with Crippen molar-refractivity contribution >= 4 is 23.2 Å². The molecule has 0 amide bonds. The van der Waals surface area contributed by atoms with Gasteiger partial charge in [0.05, 0.1) is 0 Å². The Hall–Kier alpha value is -0.280. The summed E-state index contributed by atoms with van der Waals surface area (Å²) < 4.78 is 0. The van der Waals surface area contributed by atoms with Gasteiger partial charge >= 0.3 is 0 Å². The monoisotopic (exact) mass is 246 g/mol. The first kappa shape index (κ1) is 12.8. The van der Waals surface area contributed by atoms with Crippen LogP contribution in [0.5, 0.6) is 0 Å². The van der Waals surface area contributed by atoms with Gasteiger partial charge < -0.3 is 5.73 Å². The molecule has 4 heteroatoms. The molecule has 0 saturated heterocycles. The lowest BCUT2D eigenvalue weighted by atomic mass is 10.2. The molecule has 0 bridgehead atoms. The number of hydrogen-bond donors (Lipinski definition) is 1. The molecule has 1 rings (SSSR count). The topological polar surface area (TPSA) is 29.3 Å². The number of halogens is 2. The summed E-state index contributed by atoms with van der Waals surface area (Å²) in [5.74, 6) is 0. The molecule has 0 saturated carbocycles. The first-order valence-corrected chi connectivity index (χ1v) is 5.79. The van der Waals surface area contributed by atoms with Crippen molar-refractivity contribution in [3.8, 4) is 0 Å². The van der Waals surface area contributed by atoms with E-state index in [4.69, 9.17) is 28.9 Å². The predicted molar refractivity (Wildman–Crippen MR) is 66.5 cm³/mol. The quantitative estimate of drug-likeness (QED) is 0.866. The van der Waals surface area contributed by atoms with Gasteiger partial charge in [-0.3, -0.25) is 4.90 Å². The zero-order chi connectivity index (χ0) is 11.3. The summed E-state index contributed by atoms with van der Waals surface area (Å²) >= 11 is 12.0. The van der Waals surface area contributed by atoms with Crippen molar-refractivity contribution in [2.45, 2.75) is 13.5 Å². The Morgan fingerprint density at radius 1 is 1.33 bits per heavy atom. The average Bonchev–Trinajstić information content (AvgIpc) is 2.22. The van der Waals surface area contributed by atoms with Crippen molar-refractivity contribution in [2.24, 2.45) is 5.73 Å². The molecule has 0 unspecified atom stereocenters. The second-order valence-electron chi connectivity index (χ2n) is 3.39. The van der Waals surface area contributed by atoms with Gasteiger partial charge in [0.2, 0.25) is 0 Å². The van der Waals surface area contributed by atoms with Gasteiger partial charge in [0.25, 0.3) is 0 Å². The molecule has 0 aliphatic carbocycles. The van der Waals surface area contributed by atoms with E-state index in [-0.39, 0.29) is 0 Å². The Morgan fingerprint density at radius 3 is 2.67 bits per heavy atom. The molecule has 0 aromatic heterocycles. The zero-order valence-electron chi connectivity index (χ0n) is 8.84. The Kier molecular flexibility index (Phi) is 5.40. The molecule has 0 heterocycles. The summed E-state index contributed by atoms with van der Waals surface area (Å²) in [7, 11) is 0. The third kappa shape index (κ3) is 3.99. The van der Waals surface area contributed by atoms with Crippen LogP contribution in [0.4, 0.5) is 0 Å². The number of nitrogens with zero attached hydrogens (tertiary/aromatic N) is 1. The lowest BCUT2D eigenvalue weighted by Crippen LogP contribution is -2.28. The Labute approximate surface area is 101 Å². The van der Waals surface area contributed by atoms with Crippen LogP contribution in [-0.4, -0.2) is 24.5 Å². The van der Waals surface area contributed by atoms with Gasteiger partial charge in [-0.25, -0.2) is 0 Å². The number of hydrogen-bond acceptors (Lipinski definition) is 2. The van der Waals surface area contributed by atoms with Crippen LogP contribution in [0.15, 0.2) is 18.2 Å². The number of rotatable bonds is 5. The standard InChI is InChI=1S/C11H16Cl2N2/c1-2-15(6-5-14)8-9-7-10(12)3-4-11(9)13/h3-4,7H,2,5-6,8,14H2,1H3. The number of likely N-dealkylation sites (N-methyl/N-ethyl adjacent to an activating group) is 1. The van der Waals surface area contributed by atoms with Crippen LogP contribution in [-0.2, 0) is 6.54 Å². The average molecular weight is 247 g/mol. The van der Waals surface area contributed by atoms with E-state index in [9.17, 15) is 0 Å². The molecular weight excluding hydrogens is 231 g/mol. The highest BCUT2D eigenvalue weighted by molar-refractivity contribution is 6.33. The fourth-order valence-corrected chi connectivity index (χ4v) is 1.81. The maximum atomic E-state index is 6.08. The highest BCUT2D eigenvalue weighted by atomic mass is 35.5. The highest BCUT2D eigenvalue weighted by Crippen LogP contribution is 2.21. The summed E-state index contributed by atoms with van der Waals surface area (Å²) in [4.78, 5) is 2.23. The normalized spacial score (nSPS) is 11.0. The maximum absolute atomic E-state index is 6.08. The lowest BCUT2D eigenvalue weighted by Gasteiger charge is -2.20. The minimum atomic E-state index is 0.659. The van der Waals surface area contributed by atoms with Gasteiger partial charge in [-0.15, -0.1) is 0 Å². The van der Waals surface area contributed by atoms with E-state index in [0.717, 1.165) is 35.2 Å². The van der Waals surface area contributed by atoms with E-state index in [2.05, 4.69) is 11.8 Å². The maximum Gasteiger partial charge on any atom is 0.0452 e. The van der Waals surface area contributed by atoms with Gasteiger partial charge in [0, 0.05) is 29.7 Å². The molecule has 2 N–H and O–H groups in total. The summed E-state index contributed by atoms with van der Waals surface area (Å²) in [5.41, 5.74) is 6.58. The predicted octanol–water partition coefficient (Wildman–Crippen LogP) is 2.77. The summed E-state index contributed by atoms with van der Waals surface area (Å²) in [6.45, 7) is 5.40. The third-order valence-electron chi connectivity index (χ3n) is 2.29. The van der Waals surface area contributed by atoms with Crippen LogP contribution < -0.4 is 5.73 Å². The van der Waals surface area contributed by atoms with E-state index in [0.29, 0.717) is 6.54 Å². The minimum Gasteiger partial charge on any atom is -0.329 e.